The van der Waals surface area contributed by atoms with Gasteiger partial charge in [0.2, 0.25) is 0 Å². The van der Waals surface area contributed by atoms with Crippen molar-refractivity contribution >= 4 is 19.7 Å². The minimum Gasteiger partial charge on any atom is -0.464 e. The van der Waals surface area contributed by atoms with E-state index in [1.807, 2.05) is 60.7 Å². The van der Waals surface area contributed by atoms with Gasteiger partial charge in [-0.05, 0) is 19.4 Å². The second kappa shape index (κ2) is 11.8. The summed E-state index contributed by atoms with van der Waals surface area (Å²) in [5, 5.41) is 3.01. The molecule has 2 N–H and O–H groups in total. The number of benzene rings is 2. The molecule has 0 fully saturated rings. The first kappa shape index (κ1) is 24.7. The summed E-state index contributed by atoms with van der Waals surface area (Å²) < 4.78 is 16.0. The van der Waals surface area contributed by atoms with E-state index >= 15 is 0 Å². The Kier molecular flexibility index (Phi) is 8.86. The van der Waals surface area contributed by atoms with Crippen LogP contribution >= 0.6 is 7.94 Å². The lowest BCUT2D eigenvalue weighted by molar-refractivity contribution is -0.140. The molecule has 1 aromatic heterocycles. The number of esters is 1. The summed E-state index contributed by atoms with van der Waals surface area (Å²) in [5.74, 6) is -1.66. The van der Waals surface area contributed by atoms with Crippen LogP contribution in [0, 0.1) is 0 Å². The normalized spacial score (nSPS) is 12.2. The minimum atomic E-state index is -3.64. The lowest BCUT2D eigenvalue weighted by atomic mass is 10.1. The number of hydrogen-bond donors (Lipinski definition) is 2. The van der Waals surface area contributed by atoms with Gasteiger partial charge in [0.25, 0.3) is 0 Å². The number of carbonyl (C=O) groups excluding carboxylic acids is 1. The zero-order valence-electron chi connectivity index (χ0n) is 19.0. The highest BCUT2D eigenvalue weighted by Crippen LogP contribution is 2.61. The second-order valence-corrected chi connectivity index (χ2v) is 9.21. The van der Waals surface area contributed by atoms with Crippen molar-refractivity contribution in [1.82, 2.24) is 9.97 Å². The maximum atomic E-state index is 12.6. The topological polar surface area (TPSA) is 103 Å². The van der Waals surface area contributed by atoms with E-state index in [1.54, 1.807) is 20.0 Å². The van der Waals surface area contributed by atoms with Crippen molar-refractivity contribution in [3.63, 3.8) is 0 Å². The number of anilines is 1. The van der Waals surface area contributed by atoms with Gasteiger partial charge in [-0.2, -0.15) is 13.9 Å². The van der Waals surface area contributed by atoms with Crippen molar-refractivity contribution in [3.05, 3.63) is 78.1 Å². The van der Waals surface area contributed by atoms with Crippen LogP contribution in [0.15, 0.2) is 66.9 Å². The summed E-state index contributed by atoms with van der Waals surface area (Å²) in [6.07, 6.45) is 2.09. The van der Waals surface area contributed by atoms with Gasteiger partial charge in [0, 0.05) is 12.0 Å². The fraction of sp³-hybridized carbons (Fsp3) is 0.292. The monoisotopic (exact) mass is 470 g/mol. The van der Waals surface area contributed by atoms with Gasteiger partial charge in [0.15, 0.2) is 5.82 Å². The maximum Gasteiger partial charge on any atom is 0.445 e. The van der Waals surface area contributed by atoms with Gasteiger partial charge >= 0.3 is 19.7 Å². The molecule has 0 saturated carbocycles. The van der Waals surface area contributed by atoms with Crippen LogP contribution in [0.3, 0.4) is 0 Å². The van der Waals surface area contributed by atoms with Crippen LogP contribution in [-0.2, 0) is 25.0 Å². The highest BCUT2D eigenvalue weighted by molar-refractivity contribution is 7.62. The van der Waals surface area contributed by atoms with Crippen LogP contribution < -0.4 is 5.32 Å². The first-order valence-corrected chi connectivity index (χ1v) is 12.4. The number of aromatic nitrogens is 2. The van der Waals surface area contributed by atoms with Crippen LogP contribution in [-0.4, -0.2) is 46.9 Å². The molecule has 1 heterocycles. The van der Waals surface area contributed by atoms with Gasteiger partial charge < -0.3 is 10.1 Å². The van der Waals surface area contributed by atoms with Crippen molar-refractivity contribution in [2.24, 2.45) is 0 Å². The lowest BCUT2D eigenvalue weighted by Gasteiger charge is -2.24. The molecule has 174 valence electrons. The maximum absolute atomic E-state index is 12.6. The summed E-state index contributed by atoms with van der Waals surface area (Å²) in [6, 6.07) is 19.5. The number of methoxy groups -OCH3 is 1. The van der Waals surface area contributed by atoms with E-state index in [4.69, 9.17) is 18.8 Å². The Morgan fingerprint density at radius 1 is 1.03 bits per heavy atom. The fourth-order valence-electron chi connectivity index (χ4n) is 3.28. The molecule has 0 aliphatic carbocycles. The van der Waals surface area contributed by atoms with E-state index in [0.29, 0.717) is 23.6 Å². The number of carbonyl (C=O) groups is 1. The second-order valence-electron chi connectivity index (χ2n) is 7.05. The van der Waals surface area contributed by atoms with Gasteiger partial charge in [-0.15, -0.1) is 0 Å². The largest absolute Gasteiger partial charge is 0.464 e. The zero-order valence-corrected chi connectivity index (χ0v) is 19.9. The van der Waals surface area contributed by atoms with E-state index in [0.717, 1.165) is 11.1 Å². The van der Waals surface area contributed by atoms with E-state index in [2.05, 4.69) is 10.3 Å². The van der Waals surface area contributed by atoms with Crippen LogP contribution in [0.25, 0.3) is 11.3 Å². The molecule has 0 bridgehead atoms. The molecule has 1 atom stereocenters. The number of ether oxygens (including phenoxy) is 1. The zero-order chi connectivity index (χ0) is 23.7. The molecule has 0 spiro atoms. The van der Waals surface area contributed by atoms with Gasteiger partial charge in [-0.25, -0.2) is 14.8 Å². The van der Waals surface area contributed by atoms with Crippen molar-refractivity contribution < 1.29 is 23.5 Å². The van der Waals surface area contributed by atoms with E-state index in [9.17, 15) is 9.69 Å². The number of hydrogen-bond acceptors (Lipinski definition) is 8. The summed E-state index contributed by atoms with van der Waals surface area (Å²) in [7, 11) is -2.40. The molecule has 3 aromatic rings. The molecule has 0 aliphatic rings. The van der Waals surface area contributed by atoms with E-state index < -0.39 is 19.7 Å². The highest BCUT2D eigenvalue weighted by atomic mass is 31.2. The Morgan fingerprint density at radius 3 is 2.21 bits per heavy atom. The molecular weight excluding hydrogens is 441 g/mol. The average Bonchev–Trinajstić information content (AvgIpc) is 2.84. The predicted molar refractivity (Wildman–Crippen MR) is 129 cm³/mol. The quantitative estimate of drug-likeness (QED) is 0.313. The van der Waals surface area contributed by atoms with Gasteiger partial charge in [-0.3, -0.25) is 0 Å². The Bertz CT molecular complexity index is 1030. The van der Waals surface area contributed by atoms with Crippen molar-refractivity contribution in [2.75, 3.05) is 25.6 Å². The molecule has 0 radical (unpaired) electrons. The number of rotatable bonds is 11. The van der Waals surface area contributed by atoms with Crippen molar-refractivity contribution in [1.29, 1.82) is 0 Å². The van der Waals surface area contributed by atoms with Gasteiger partial charge in [0.1, 0.15) is 0 Å². The Balaban J connectivity index is 2.04. The van der Waals surface area contributed by atoms with Crippen LogP contribution in [0.4, 0.5) is 5.82 Å². The number of nitrogens with zero attached hydrogens (tertiary/aromatic N) is 2. The summed E-state index contributed by atoms with van der Waals surface area (Å²) >= 11 is 0. The summed E-state index contributed by atoms with van der Waals surface area (Å²) in [5.41, 5.74) is 3.25. The van der Waals surface area contributed by atoms with Crippen molar-refractivity contribution in [3.8, 4) is 11.3 Å². The van der Waals surface area contributed by atoms with E-state index in [-0.39, 0.29) is 13.2 Å². The lowest BCUT2D eigenvalue weighted by Crippen LogP contribution is -2.36. The predicted octanol–water partition coefficient (Wildman–Crippen LogP) is 4.47. The Morgan fingerprint density at radius 2 is 1.64 bits per heavy atom. The third-order valence-corrected chi connectivity index (χ3v) is 7.03. The highest BCUT2D eigenvalue weighted by Gasteiger charge is 2.56. The van der Waals surface area contributed by atoms with Gasteiger partial charge in [0.05, 0.1) is 37.9 Å². The van der Waals surface area contributed by atoms with Gasteiger partial charge in [-0.1, -0.05) is 60.7 Å². The molecule has 0 amide bonds. The molecule has 1 unspecified atom stereocenters. The molecule has 2 aromatic carbocycles. The standard InChI is InChI=1S/C24H29N3O5P/c1-4-31-33(29,32-5-2)23(24(28)30-3)27-22-20(16-18-12-8-6-9-13-18)26-21(17-25-22)19-14-10-7-11-15-19/h6-15,17,23,29H,4-5,16H2,1-3H3,(H,25,27)/q+1. The summed E-state index contributed by atoms with van der Waals surface area (Å²) in [4.78, 5) is 33.1. The first-order valence-electron chi connectivity index (χ1n) is 10.7. The third-order valence-electron chi connectivity index (χ3n) is 4.78. The SMILES string of the molecule is CCO[P+](O)(OCC)C(Nc1ncc(-c2ccccc2)nc1Cc1ccccc1)C(=O)OC. The molecule has 0 aliphatic heterocycles. The minimum absolute atomic E-state index is 0.162. The average molecular weight is 470 g/mol. The molecule has 3 rings (SSSR count). The Labute approximate surface area is 194 Å². The number of nitrogens with one attached hydrogen (secondary N) is 1. The smallest absolute Gasteiger partial charge is 0.445 e. The van der Waals surface area contributed by atoms with Crippen LogP contribution in [0.1, 0.15) is 25.1 Å². The van der Waals surface area contributed by atoms with Crippen LogP contribution in [0.5, 0.6) is 0 Å². The molecular formula is C24H29N3O5P+. The van der Waals surface area contributed by atoms with E-state index in [1.165, 1.54) is 7.11 Å². The molecule has 9 heteroatoms. The Hall–Kier alpha value is -2.90. The first-order chi connectivity index (χ1) is 16.0. The fourth-order valence-corrected chi connectivity index (χ4v) is 5.05. The van der Waals surface area contributed by atoms with Crippen LogP contribution in [0.2, 0.25) is 0 Å². The van der Waals surface area contributed by atoms with Crippen molar-refractivity contribution in [2.45, 2.75) is 26.1 Å². The molecule has 8 nitrogen and oxygen atoms in total. The third kappa shape index (κ3) is 6.33. The molecule has 0 saturated heterocycles. The summed E-state index contributed by atoms with van der Waals surface area (Å²) in [6.45, 7) is 3.76. The molecule has 33 heavy (non-hydrogen) atoms.